The van der Waals surface area contributed by atoms with Crippen molar-refractivity contribution in [1.29, 1.82) is 0 Å². The van der Waals surface area contributed by atoms with E-state index in [1.165, 1.54) is 5.39 Å². The Morgan fingerprint density at radius 3 is 2.64 bits per heavy atom. The predicted octanol–water partition coefficient (Wildman–Crippen LogP) is 2.80. The molecule has 3 N–H and O–H groups in total. The second-order valence-electron chi connectivity index (χ2n) is 5.01. The highest BCUT2D eigenvalue weighted by Crippen LogP contribution is 2.20. The van der Waals surface area contributed by atoms with Gasteiger partial charge in [-0.1, -0.05) is 43.3 Å². The number of nitrogens with two attached hydrogens (primary N) is 1. The Labute approximate surface area is 137 Å². The van der Waals surface area contributed by atoms with E-state index in [0.717, 1.165) is 17.4 Å². The normalized spacial score (nSPS) is 11.7. The van der Waals surface area contributed by atoms with Crippen LogP contribution in [0.4, 0.5) is 0 Å². The van der Waals surface area contributed by atoms with Crippen molar-refractivity contribution in [2.45, 2.75) is 19.4 Å². The molecule has 22 heavy (non-hydrogen) atoms. The monoisotopic (exact) mass is 322 g/mol. The number of benzene rings is 2. The van der Waals surface area contributed by atoms with Gasteiger partial charge in [0, 0.05) is 13.2 Å². The summed E-state index contributed by atoms with van der Waals surface area (Å²) in [6.45, 7) is 3.04. The molecule has 0 radical (unpaired) electrons. The summed E-state index contributed by atoms with van der Waals surface area (Å²) in [5, 5.41) is 5.24. The van der Waals surface area contributed by atoms with Gasteiger partial charge >= 0.3 is 0 Å². The molecule has 5 heteroatoms. The summed E-state index contributed by atoms with van der Waals surface area (Å²) in [7, 11) is 0. The van der Waals surface area contributed by atoms with Crippen LogP contribution < -0.4 is 11.1 Å². The van der Waals surface area contributed by atoms with Gasteiger partial charge in [-0.05, 0) is 28.8 Å². The fourth-order valence-electron chi connectivity index (χ4n) is 2.25. The van der Waals surface area contributed by atoms with Gasteiger partial charge in [-0.2, -0.15) is 0 Å². The molecule has 2 rings (SSSR count). The Kier molecular flexibility index (Phi) is 7.88. The number of fused-ring (bicyclic) bond motifs is 1. The zero-order valence-electron chi connectivity index (χ0n) is 12.7. The van der Waals surface area contributed by atoms with E-state index < -0.39 is 0 Å². The van der Waals surface area contributed by atoms with Crippen LogP contribution >= 0.6 is 12.4 Å². The Morgan fingerprint density at radius 2 is 1.95 bits per heavy atom. The first kappa shape index (κ1) is 18.4. The third kappa shape index (κ3) is 4.98. The number of ether oxygens (including phenoxy) is 1. The highest BCUT2D eigenvalue weighted by molar-refractivity contribution is 5.85. The lowest BCUT2D eigenvalue weighted by atomic mass is 10.0. The molecule has 1 amide bonds. The van der Waals surface area contributed by atoms with E-state index in [-0.39, 0.29) is 31.0 Å². The van der Waals surface area contributed by atoms with Gasteiger partial charge in [0.15, 0.2) is 0 Å². The summed E-state index contributed by atoms with van der Waals surface area (Å²) >= 11 is 0. The van der Waals surface area contributed by atoms with Crippen molar-refractivity contribution in [1.82, 2.24) is 5.32 Å². The van der Waals surface area contributed by atoms with Crippen molar-refractivity contribution in [3.8, 4) is 0 Å². The first-order chi connectivity index (χ1) is 10.2. The largest absolute Gasteiger partial charge is 0.372 e. The SMILES string of the molecule is CCCOCC(=O)NC(CN)c1ccc2ccccc2c1.Cl. The van der Waals surface area contributed by atoms with Crippen molar-refractivity contribution >= 4 is 29.1 Å². The number of nitrogens with one attached hydrogen (secondary N) is 1. The molecule has 0 aliphatic heterocycles. The second-order valence-corrected chi connectivity index (χ2v) is 5.01. The minimum atomic E-state index is -0.188. The Bertz CT molecular complexity index is 604. The van der Waals surface area contributed by atoms with E-state index >= 15 is 0 Å². The molecule has 0 spiro atoms. The van der Waals surface area contributed by atoms with Gasteiger partial charge < -0.3 is 15.8 Å². The summed E-state index contributed by atoms with van der Waals surface area (Å²) in [6, 6.07) is 14.1. The molecule has 0 aliphatic rings. The topological polar surface area (TPSA) is 64.3 Å². The standard InChI is InChI=1S/C17H22N2O2.ClH/c1-2-9-21-12-17(20)19-16(11-18)15-8-7-13-5-3-4-6-14(13)10-15;/h3-8,10,16H,2,9,11-12,18H2,1H3,(H,19,20);1H. The van der Waals surface area contributed by atoms with E-state index in [1.54, 1.807) is 0 Å². The first-order valence-corrected chi connectivity index (χ1v) is 7.30. The number of amides is 1. The van der Waals surface area contributed by atoms with Crippen LogP contribution in [0.3, 0.4) is 0 Å². The molecule has 0 heterocycles. The maximum atomic E-state index is 11.8. The first-order valence-electron chi connectivity index (χ1n) is 7.30. The number of halogens is 1. The van der Waals surface area contributed by atoms with Crippen LogP contribution in [0, 0.1) is 0 Å². The van der Waals surface area contributed by atoms with Crippen LogP contribution in [-0.2, 0) is 9.53 Å². The van der Waals surface area contributed by atoms with Crippen LogP contribution in [0.1, 0.15) is 24.9 Å². The molecule has 1 atom stereocenters. The molecule has 0 saturated carbocycles. The molecule has 2 aromatic rings. The lowest BCUT2D eigenvalue weighted by molar-refractivity contribution is -0.126. The fraction of sp³-hybridized carbons (Fsp3) is 0.353. The molecule has 0 saturated heterocycles. The molecule has 0 fully saturated rings. The number of carbonyl (C=O) groups is 1. The van der Waals surface area contributed by atoms with E-state index in [4.69, 9.17) is 10.5 Å². The van der Waals surface area contributed by atoms with Gasteiger partial charge in [-0.25, -0.2) is 0 Å². The summed E-state index contributed by atoms with van der Waals surface area (Å²) in [4.78, 5) is 11.8. The smallest absolute Gasteiger partial charge is 0.246 e. The van der Waals surface area contributed by atoms with Gasteiger partial charge in [-0.15, -0.1) is 12.4 Å². The van der Waals surface area contributed by atoms with Crippen molar-refractivity contribution < 1.29 is 9.53 Å². The zero-order valence-corrected chi connectivity index (χ0v) is 13.6. The fourth-order valence-corrected chi connectivity index (χ4v) is 2.25. The molecule has 0 aliphatic carbocycles. The quantitative estimate of drug-likeness (QED) is 0.770. The highest BCUT2D eigenvalue weighted by atomic mass is 35.5. The predicted molar refractivity (Wildman–Crippen MR) is 92.2 cm³/mol. The minimum absolute atomic E-state index is 0. The number of rotatable bonds is 7. The molecule has 120 valence electrons. The Hall–Kier alpha value is -1.62. The Balaban J connectivity index is 0.00000242. The molecule has 4 nitrogen and oxygen atoms in total. The van der Waals surface area contributed by atoms with E-state index in [1.807, 2.05) is 31.2 Å². The molecule has 0 aromatic heterocycles. The lowest BCUT2D eigenvalue weighted by Gasteiger charge is -2.18. The zero-order chi connectivity index (χ0) is 15.1. The molecule has 1 unspecified atom stereocenters. The average molecular weight is 323 g/mol. The Morgan fingerprint density at radius 1 is 1.23 bits per heavy atom. The number of hydrogen-bond donors (Lipinski definition) is 2. The minimum Gasteiger partial charge on any atom is -0.372 e. The van der Waals surface area contributed by atoms with Crippen molar-refractivity contribution in [2.24, 2.45) is 5.73 Å². The van der Waals surface area contributed by atoms with Gasteiger partial charge in [0.2, 0.25) is 5.91 Å². The highest BCUT2D eigenvalue weighted by Gasteiger charge is 2.13. The summed E-state index contributed by atoms with van der Waals surface area (Å²) in [6.07, 6.45) is 0.901. The van der Waals surface area contributed by atoms with E-state index in [9.17, 15) is 4.79 Å². The van der Waals surface area contributed by atoms with Gasteiger partial charge in [0.1, 0.15) is 6.61 Å². The van der Waals surface area contributed by atoms with Crippen LogP contribution in [-0.4, -0.2) is 25.7 Å². The van der Waals surface area contributed by atoms with E-state index in [0.29, 0.717) is 13.2 Å². The molecule has 0 bridgehead atoms. The van der Waals surface area contributed by atoms with Crippen LogP contribution in [0.15, 0.2) is 42.5 Å². The summed E-state index contributed by atoms with van der Waals surface area (Å²) in [5.74, 6) is -0.132. The molecule has 2 aromatic carbocycles. The van der Waals surface area contributed by atoms with Crippen molar-refractivity contribution in [2.75, 3.05) is 19.8 Å². The maximum absolute atomic E-state index is 11.8. The number of carbonyl (C=O) groups excluding carboxylic acids is 1. The van der Waals surface area contributed by atoms with Gasteiger partial charge in [0.05, 0.1) is 6.04 Å². The van der Waals surface area contributed by atoms with Crippen molar-refractivity contribution in [3.05, 3.63) is 48.0 Å². The van der Waals surface area contributed by atoms with Gasteiger partial charge in [-0.3, -0.25) is 4.79 Å². The van der Waals surface area contributed by atoms with Crippen LogP contribution in [0.2, 0.25) is 0 Å². The van der Waals surface area contributed by atoms with E-state index in [2.05, 4.69) is 23.5 Å². The van der Waals surface area contributed by atoms with Crippen LogP contribution in [0.5, 0.6) is 0 Å². The van der Waals surface area contributed by atoms with Crippen molar-refractivity contribution in [3.63, 3.8) is 0 Å². The summed E-state index contributed by atoms with van der Waals surface area (Å²) in [5.41, 5.74) is 6.81. The van der Waals surface area contributed by atoms with Gasteiger partial charge in [0.25, 0.3) is 0 Å². The lowest BCUT2D eigenvalue weighted by Crippen LogP contribution is -2.35. The van der Waals surface area contributed by atoms with Crippen LogP contribution in [0.25, 0.3) is 10.8 Å². The third-order valence-electron chi connectivity index (χ3n) is 3.33. The average Bonchev–Trinajstić information content (AvgIpc) is 2.52. The summed E-state index contributed by atoms with van der Waals surface area (Å²) < 4.78 is 5.24. The molecular formula is C17H23ClN2O2. The second kappa shape index (κ2) is 9.41. The maximum Gasteiger partial charge on any atom is 0.246 e. The third-order valence-corrected chi connectivity index (χ3v) is 3.33. The number of hydrogen-bond acceptors (Lipinski definition) is 3. The molecular weight excluding hydrogens is 300 g/mol.